The summed E-state index contributed by atoms with van der Waals surface area (Å²) >= 11 is 0. The normalized spacial score (nSPS) is 21.8. The van der Waals surface area contributed by atoms with Crippen molar-refractivity contribution < 1.29 is 13.2 Å². The molecule has 3 rings (SSSR count). The highest BCUT2D eigenvalue weighted by Crippen LogP contribution is 2.23. The molecule has 2 fully saturated rings. The van der Waals surface area contributed by atoms with Gasteiger partial charge in [-0.15, -0.1) is 0 Å². The van der Waals surface area contributed by atoms with E-state index in [9.17, 15) is 13.2 Å². The van der Waals surface area contributed by atoms with Crippen LogP contribution < -0.4 is 10.2 Å². The number of anilines is 1. The first-order chi connectivity index (χ1) is 13.0. The Morgan fingerprint density at radius 1 is 1.19 bits per heavy atom. The number of carbonyl (C=O) groups is 1. The van der Waals surface area contributed by atoms with Gasteiger partial charge in [0.25, 0.3) is 0 Å². The van der Waals surface area contributed by atoms with E-state index in [-0.39, 0.29) is 16.8 Å². The number of nitrogens with one attached hydrogen (secondary N) is 1. The zero-order valence-electron chi connectivity index (χ0n) is 16.1. The molecule has 8 heteroatoms. The van der Waals surface area contributed by atoms with Crippen LogP contribution in [0.25, 0.3) is 0 Å². The molecule has 0 saturated carbocycles. The van der Waals surface area contributed by atoms with E-state index in [1.165, 1.54) is 6.20 Å². The Morgan fingerprint density at radius 3 is 2.63 bits per heavy atom. The molecule has 2 aliphatic heterocycles. The predicted molar refractivity (Wildman–Crippen MR) is 105 cm³/mol. The topological polar surface area (TPSA) is 82.6 Å². The number of piperidine rings is 2. The lowest BCUT2D eigenvalue weighted by Crippen LogP contribution is -2.48. The summed E-state index contributed by atoms with van der Waals surface area (Å²) < 4.78 is 27.0. The van der Waals surface area contributed by atoms with Gasteiger partial charge < -0.3 is 10.2 Å². The van der Waals surface area contributed by atoms with Crippen molar-refractivity contribution in [3.8, 4) is 0 Å². The molecule has 1 atom stereocenters. The largest absolute Gasteiger partial charge is 0.355 e. The van der Waals surface area contributed by atoms with Crippen molar-refractivity contribution in [1.29, 1.82) is 0 Å². The lowest BCUT2D eigenvalue weighted by Gasteiger charge is -2.34. The maximum absolute atomic E-state index is 12.7. The van der Waals surface area contributed by atoms with E-state index >= 15 is 0 Å². The molecule has 1 aromatic heterocycles. The summed E-state index contributed by atoms with van der Waals surface area (Å²) in [6.45, 7) is 4.76. The van der Waals surface area contributed by atoms with Crippen LogP contribution in [0.1, 0.15) is 51.9 Å². The van der Waals surface area contributed by atoms with Crippen LogP contribution in [0.2, 0.25) is 0 Å². The number of aromatic nitrogens is 1. The van der Waals surface area contributed by atoms with Crippen LogP contribution in [0.5, 0.6) is 0 Å². The molecule has 2 saturated heterocycles. The van der Waals surface area contributed by atoms with Gasteiger partial charge in [-0.05, 0) is 44.2 Å². The molecule has 0 aliphatic carbocycles. The molecule has 0 radical (unpaired) electrons. The smallest absolute Gasteiger partial charge is 0.244 e. The number of hydrogen-bond donors (Lipinski definition) is 1. The number of rotatable bonds is 6. The summed E-state index contributed by atoms with van der Waals surface area (Å²) in [6.07, 6.45) is 7.74. The second-order valence-electron chi connectivity index (χ2n) is 7.42. The van der Waals surface area contributed by atoms with Crippen LogP contribution in [0, 0.1) is 0 Å². The average molecular weight is 395 g/mol. The molecule has 1 unspecified atom stereocenters. The fourth-order valence-electron chi connectivity index (χ4n) is 3.80. The van der Waals surface area contributed by atoms with E-state index in [1.807, 2.05) is 6.92 Å². The lowest BCUT2D eigenvalue weighted by molar-refractivity contribution is -0.121. The standard InChI is InChI=1S/C19H30N4O3S/c1-2-7-19(24)21-16-8-6-11-22(15-16)18-10-9-17(14-20-18)27(25,26)23-12-4-3-5-13-23/h9-10,14,16H,2-8,11-13,15H2,1H3,(H,21,24). The number of carbonyl (C=O) groups excluding carboxylic acids is 1. The van der Waals surface area contributed by atoms with Crippen LogP contribution in [0.3, 0.4) is 0 Å². The summed E-state index contributed by atoms with van der Waals surface area (Å²) in [5.41, 5.74) is 0. The number of nitrogens with zero attached hydrogens (tertiary/aromatic N) is 3. The third kappa shape index (κ3) is 4.99. The molecule has 27 heavy (non-hydrogen) atoms. The lowest BCUT2D eigenvalue weighted by atomic mass is 10.1. The Morgan fingerprint density at radius 2 is 1.96 bits per heavy atom. The highest BCUT2D eigenvalue weighted by Gasteiger charge is 2.27. The fraction of sp³-hybridized carbons (Fsp3) is 0.684. The minimum absolute atomic E-state index is 0.0975. The first-order valence-corrected chi connectivity index (χ1v) is 11.4. The molecule has 3 heterocycles. The molecule has 2 aliphatic rings. The van der Waals surface area contributed by atoms with Gasteiger partial charge in [-0.25, -0.2) is 13.4 Å². The van der Waals surface area contributed by atoms with E-state index < -0.39 is 10.0 Å². The van der Waals surface area contributed by atoms with Crippen LogP contribution in [0.15, 0.2) is 23.2 Å². The monoisotopic (exact) mass is 394 g/mol. The van der Waals surface area contributed by atoms with Gasteiger partial charge in [0.2, 0.25) is 15.9 Å². The summed E-state index contributed by atoms with van der Waals surface area (Å²) in [4.78, 5) is 18.6. The third-order valence-electron chi connectivity index (χ3n) is 5.26. The van der Waals surface area contributed by atoms with Gasteiger partial charge in [-0.1, -0.05) is 13.3 Å². The Hall–Kier alpha value is -1.67. The molecular formula is C19H30N4O3S. The van der Waals surface area contributed by atoms with Gasteiger partial charge in [-0.3, -0.25) is 4.79 Å². The second kappa shape index (κ2) is 9.01. The molecule has 7 nitrogen and oxygen atoms in total. The average Bonchev–Trinajstić information content (AvgIpc) is 2.69. The summed E-state index contributed by atoms with van der Waals surface area (Å²) in [5.74, 6) is 0.863. The molecule has 1 aromatic rings. The van der Waals surface area contributed by atoms with E-state index in [0.717, 1.165) is 50.9 Å². The number of amides is 1. The molecular weight excluding hydrogens is 364 g/mol. The Bertz CT molecular complexity index is 730. The highest BCUT2D eigenvalue weighted by molar-refractivity contribution is 7.89. The van der Waals surface area contributed by atoms with E-state index in [2.05, 4.69) is 15.2 Å². The zero-order valence-corrected chi connectivity index (χ0v) is 16.9. The van der Waals surface area contributed by atoms with Crippen molar-refractivity contribution in [3.05, 3.63) is 18.3 Å². The first kappa shape index (κ1) is 20.1. The molecule has 150 valence electrons. The molecule has 1 N–H and O–H groups in total. The van der Waals surface area contributed by atoms with Crippen LogP contribution in [-0.2, 0) is 14.8 Å². The van der Waals surface area contributed by atoms with Crippen molar-refractivity contribution >= 4 is 21.7 Å². The van der Waals surface area contributed by atoms with E-state index in [4.69, 9.17) is 0 Å². The zero-order chi connectivity index (χ0) is 19.3. The van der Waals surface area contributed by atoms with Gasteiger partial charge in [0.15, 0.2) is 0 Å². The van der Waals surface area contributed by atoms with Crippen LogP contribution in [0.4, 0.5) is 5.82 Å². The highest BCUT2D eigenvalue weighted by atomic mass is 32.2. The fourth-order valence-corrected chi connectivity index (χ4v) is 5.26. The van der Waals surface area contributed by atoms with Gasteiger partial charge in [0.1, 0.15) is 10.7 Å². The van der Waals surface area contributed by atoms with Gasteiger partial charge >= 0.3 is 0 Å². The number of hydrogen-bond acceptors (Lipinski definition) is 5. The predicted octanol–water partition coefficient (Wildman–Crippen LogP) is 2.14. The summed E-state index contributed by atoms with van der Waals surface area (Å²) in [5, 5.41) is 3.09. The van der Waals surface area contributed by atoms with Crippen molar-refractivity contribution in [1.82, 2.24) is 14.6 Å². The van der Waals surface area contributed by atoms with Gasteiger partial charge in [0, 0.05) is 44.8 Å². The summed E-state index contributed by atoms with van der Waals surface area (Å²) in [7, 11) is -3.45. The Labute approximate surface area is 162 Å². The van der Waals surface area contributed by atoms with Crippen LogP contribution >= 0.6 is 0 Å². The molecule has 1 amide bonds. The number of pyridine rings is 1. The van der Waals surface area contributed by atoms with Crippen molar-refractivity contribution in [2.24, 2.45) is 0 Å². The van der Waals surface area contributed by atoms with Gasteiger partial charge in [0.05, 0.1) is 0 Å². The minimum Gasteiger partial charge on any atom is -0.355 e. The molecule has 0 aromatic carbocycles. The van der Waals surface area contributed by atoms with Crippen molar-refractivity contribution in [3.63, 3.8) is 0 Å². The van der Waals surface area contributed by atoms with Crippen molar-refractivity contribution in [2.75, 3.05) is 31.1 Å². The second-order valence-corrected chi connectivity index (χ2v) is 9.36. The maximum atomic E-state index is 12.7. The van der Waals surface area contributed by atoms with Crippen molar-refractivity contribution in [2.45, 2.75) is 62.8 Å². The minimum atomic E-state index is -3.45. The molecule has 0 bridgehead atoms. The van der Waals surface area contributed by atoms with E-state index in [0.29, 0.717) is 26.1 Å². The third-order valence-corrected chi connectivity index (χ3v) is 7.14. The van der Waals surface area contributed by atoms with E-state index in [1.54, 1.807) is 16.4 Å². The van der Waals surface area contributed by atoms with Gasteiger partial charge in [-0.2, -0.15) is 4.31 Å². The quantitative estimate of drug-likeness (QED) is 0.799. The first-order valence-electron chi connectivity index (χ1n) is 10.0. The Kier molecular flexibility index (Phi) is 6.70. The number of sulfonamides is 1. The maximum Gasteiger partial charge on any atom is 0.244 e. The molecule has 0 spiro atoms. The summed E-state index contributed by atoms with van der Waals surface area (Å²) in [6, 6.07) is 3.56. The SMILES string of the molecule is CCCC(=O)NC1CCCN(c2ccc(S(=O)(=O)N3CCCCC3)cn2)C1. The van der Waals surface area contributed by atoms with Crippen LogP contribution in [-0.4, -0.2) is 55.8 Å². The Balaban J connectivity index is 1.65.